The predicted molar refractivity (Wildman–Crippen MR) is 89.1 cm³/mol. The minimum absolute atomic E-state index is 0.738. The normalized spacial score (nSPS) is 11.0. The van der Waals surface area contributed by atoms with Crippen LogP contribution in [0.4, 0.5) is 17.1 Å². The van der Waals surface area contributed by atoms with E-state index in [0.717, 1.165) is 38.2 Å². The number of nitrogens with two attached hydrogens (primary N) is 1. The number of anilines is 3. The fraction of sp³-hybridized carbons (Fsp3) is 0. The maximum Gasteiger partial charge on any atom is 0.0957 e. The van der Waals surface area contributed by atoms with Crippen LogP contribution in [0.15, 0.2) is 54.2 Å². The molecule has 0 saturated heterocycles. The number of nitrogens with zero attached hydrogens (tertiary/aromatic N) is 2. The molecule has 0 amide bonds. The summed E-state index contributed by atoms with van der Waals surface area (Å²) < 4.78 is 1.16. The van der Waals surface area contributed by atoms with Gasteiger partial charge in [0.25, 0.3) is 0 Å². The molecular weight excluding hydrogens is 280 g/mol. The Hall–Kier alpha value is -2.66. The van der Waals surface area contributed by atoms with Crippen molar-refractivity contribution in [1.82, 2.24) is 9.97 Å². The van der Waals surface area contributed by atoms with E-state index < -0.39 is 0 Å². The summed E-state index contributed by atoms with van der Waals surface area (Å²) in [6, 6.07) is 13.9. The lowest BCUT2D eigenvalue weighted by Gasteiger charge is -2.10. The van der Waals surface area contributed by atoms with Gasteiger partial charge < -0.3 is 11.1 Å². The van der Waals surface area contributed by atoms with Gasteiger partial charge >= 0.3 is 0 Å². The third-order valence-electron chi connectivity index (χ3n) is 3.41. The highest BCUT2D eigenvalue weighted by Crippen LogP contribution is 2.30. The molecule has 0 aliphatic carbocycles. The number of pyridine rings is 1. The standard InChI is InChI=1S/C16H12N4S/c17-12-4-6-14(16-11(12)2-1-7-18-16)20-10-3-5-13-15(8-10)21-9-19-13/h1-9,20H,17H2. The predicted octanol–water partition coefficient (Wildman–Crippen LogP) is 4.17. The van der Waals surface area contributed by atoms with Crippen molar-refractivity contribution in [3.8, 4) is 0 Å². The van der Waals surface area contributed by atoms with Gasteiger partial charge in [-0.1, -0.05) is 0 Å². The van der Waals surface area contributed by atoms with E-state index in [-0.39, 0.29) is 0 Å². The first-order valence-corrected chi connectivity index (χ1v) is 7.43. The van der Waals surface area contributed by atoms with Gasteiger partial charge in [-0.15, -0.1) is 11.3 Å². The molecule has 0 aliphatic rings. The van der Waals surface area contributed by atoms with Gasteiger partial charge in [0.1, 0.15) is 0 Å². The van der Waals surface area contributed by atoms with Gasteiger partial charge in [-0.25, -0.2) is 4.98 Å². The molecule has 0 saturated carbocycles. The van der Waals surface area contributed by atoms with E-state index >= 15 is 0 Å². The van der Waals surface area contributed by atoms with E-state index in [4.69, 9.17) is 5.73 Å². The van der Waals surface area contributed by atoms with Gasteiger partial charge in [-0.05, 0) is 42.5 Å². The van der Waals surface area contributed by atoms with Crippen LogP contribution in [0.3, 0.4) is 0 Å². The van der Waals surface area contributed by atoms with Crippen LogP contribution >= 0.6 is 11.3 Å². The fourth-order valence-corrected chi connectivity index (χ4v) is 3.10. The molecule has 4 rings (SSSR count). The molecule has 4 nitrogen and oxygen atoms in total. The second-order valence-electron chi connectivity index (χ2n) is 4.76. The van der Waals surface area contributed by atoms with Crippen molar-refractivity contribution < 1.29 is 0 Å². The number of hydrogen-bond acceptors (Lipinski definition) is 5. The maximum absolute atomic E-state index is 6.00. The Labute approximate surface area is 125 Å². The van der Waals surface area contributed by atoms with Gasteiger partial charge in [0.15, 0.2) is 0 Å². The van der Waals surface area contributed by atoms with Crippen molar-refractivity contribution in [1.29, 1.82) is 0 Å². The van der Waals surface area contributed by atoms with Gasteiger partial charge in [-0.3, -0.25) is 4.98 Å². The molecule has 4 aromatic rings. The number of nitrogen functional groups attached to an aromatic ring is 1. The van der Waals surface area contributed by atoms with Gasteiger partial charge in [0, 0.05) is 23.0 Å². The molecule has 2 aromatic carbocycles. The van der Waals surface area contributed by atoms with Crippen molar-refractivity contribution in [3.05, 3.63) is 54.2 Å². The van der Waals surface area contributed by atoms with Crippen LogP contribution in [-0.2, 0) is 0 Å². The third-order valence-corrected chi connectivity index (χ3v) is 4.21. The van der Waals surface area contributed by atoms with Crippen LogP contribution in [0.5, 0.6) is 0 Å². The Balaban J connectivity index is 1.81. The molecule has 0 fully saturated rings. The molecule has 0 radical (unpaired) electrons. The zero-order valence-electron chi connectivity index (χ0n) is 11.1. The van der Waals surface area contributed by atoms with Crippen LogP contribution in [0.1, 0.15) is 0 Å². The summed E-state index contributed by atoms with van der Waals surface area (Å²) in [6.45, 7) is 0. The molecule has 102 valence electrons. The van der Waals surface area contributed by atoms with Crippen molar-refractivity contribution in [2.45, 2.75) is 0 Å². The van der Waals surface area contributed by atoms with E-state index in [1.54, 1.807) is 17.5 Å². The molecule has 0 aliphatic heterocycles. The summed E-state index contributed by atoms with van der Waals surface area (Å²) in [5.41, 5.74) is 12.5. The van der Waals surface area contributed by atoms with Crippen LogP contribution in [0.2, 0.25) is 0 Å². The van der Waals surface area contributed by atoms with Crippen LogP contribution < -0.4 is 11.1 Å². The third kappa shape index (κ3) is 2.08. The molecule has 2 heterocycles. The lowest BCUT2D eigenvalue weighted by atomic mass is 10.1. The maximum atomic E-state index is 6.00. The van der Waals surface area contributed by atoms with Gasteiger partial charge in [0.05, 0.1) is 26.9 Å². The fourth-order valence-electron chi connectivity index (χ4n) is 2.38. The average molecular weight is 292 g/mol. The molecule has 21 heavy (non-hydrogen) atoms. The first-order valence-electron chi connectivity index (χ1n) is 6.55. The summed E-state index contributed by atoms with van der Waals surface area (Å²) in [5, 5.41) is 4.38. The summed E-state index contributed by atoms with van der Waals surface area (Å²) in [6.07, 6.45) is 1.78. The van der Waals surface area contributed by atoms with E-state index in [0.29, 0.717) is 0 Å². The Bertz CT molecular complexity index is 945. The molecule has 5 heteroatoms. The molecule has 0 bridgehead atoms. The summed E-state index contributed by atoms with van der Waals surface area (Å²) >= 11 is 1.63. The number of nitrogens with one attached hydrogen (secondary N) is 1. The topological polar surface area (TPSA) is 63.8 Å². The highest BCUT2D eigenvalue weighted by Gasteiger charge is 2.06. The van der Waals surface area contributed by atoms with Crippen LogP contribution in [0.25, 0.3) is 21.1 Å². The van der Waals surface area contributed by atoms with Crippen molar-refractivity contribution in [2.75, 3.05) is 11.1 Å². The number of fused-ring (bicyclic) bond motifs is 2. The Kier molecular flexibility index (Phi) is 2.72. The Morgan fingerprint density at radius 3 is 2.95 bits per heavy atom. The highest BCUT2D eigenvalue weighted by atomic mass is 32.1. The number of rotatable bonds is 2. The van der Waals surface area contributed by atoms with Crippen LogP contribution in [0, 0.1) is 0 Å². The lowest BCUT2D eigenvalue weighted by Crippen LogP contribution is -1.95. The smallest absolute Gasteiger partial charge is 0.0957 e. The summed E-state index contributed by atoms with van der Waals surface area (Å²) in [4.78, 5) is 8.73. The summed E-state index contributed by atoms with van der Waals surface area (Å²) in [5.74, 6) is 0. The number of aromatic nitrogens is 2. The Morgan fingerprint density at radius 2 is 2.00 bits per heavy atom. The first-order chi connectivity index (χ1) is 10.3. The highest BCUT2D eigenvalue weighted by molar-refractivity contribution is 7.16. The molecular formula is C16H12N4S. The molecule has 0 unspecified atom stereocenters. The van der Waals surface area contributed by atoms with Crippen LogP contribution in [-0.4, -0.2) is 9.97 Å². The van der Waals surface area contributed by atoms with E-state index in [2.05, 4.69) is 21.4 Å². The minimum Gasteiger partial charge on any atom is -0.398 e. The van der Waals surface area contributed by atoms with Gasteiger partial charge in [0.2, 0.25) is 0 Å². The number of hydrogen-bond donors (Lipinski definition) is 2. The Morgan fingerprint density at radius 1 is 1.05 bits per heavy atom. The molecule has 2 aromatic heterocycles. The quantitative estimate of drug-likeness (QED) is 0.544. The van der Waals surface area contributed by atoms with E-state index in [9.17, 15) is 0 Å². The minimum atomic E-state index is 0.738. The second-order valence-corrected chi connectivity index (χ2v) is 5.65. The van der Waals surface area contributed by atoms with Crippen molar-refractivity contribution in [2.24, 2.45) is 0 Å². The lowest BCUT2D eigenvalue weighted by molar-refractivity contribution is 1.40. The zero-order valence-corrected chi connectivity index (χ0v) is 11.9. The van der Waals surface area contributed by atoms with E-state index in [1.807, 2.05) is 41.9 Å². The zero-order chi connectivity index (χ0) is 14.2. The first kappa shape index (κ1) is 12.1. The van der Waals surface area contributed by atoms with Crippen molar-refractivity contribution >= 4 is 49.5 Å². The van der Waals surface area contributed by atoms with E-state index in [1.165, 1.54) is 0 Å². The average Bonchev–Trinajstić information content (AvgIpc) is 2.98. The summed E-state index contributed by atoms with van der Waals surface area (Å²) in [7, 11) is 0. The molecule has 3 N–H and O–H groups in total. The van der Waals surface area contributed by atoms with Crippen molar-refractivity contribution in [3.63, 3.8) is 0 Å². The second kappa shape index (κ2) is 4.71. The molecule has 0 spiro atoms. The monoisotopic (exact) mass is 292 g/mol. The largest absolute Gasteiger partial charge is 0.398 e. The van der Waals surface area contributed by atoms with Gasteiger partial charge in [-0.2, -0.15) is 0 Å². The number of benzene rings is 2. The number of thiazole rings is 1. The molecule has 0 atom stereocenters. The SMILES string of the molecule is Nc1ccc(Nc2ccc3ncsc3c2)c2ncccc12.